The number of aliphatic hydroxyl groups is 1. The van der Waals surface area contributed by atoms with Crippen molar-refractivity contribution >= 4 is 15.9 Å². The Hall–Kier alpha value is -1.26. The molecule has 0 saturated heterocycles. The smallest absolute Gasteiger partial charge is 0.162 e. The molecule has 94 valence electrons. The fraction of sp³-hybridized carbons (Fsp3) is 0.143. The van der Waals surface area contributed by atoms with Gasteiger partial charge in [0.25, 0.3) is 0 Å². The minimum absolute atomic E-state index is 0.0417. The van der Waals surface area contributed by atoms with Crippen LogP contribution in [-0.2, 0) is 6.42 Å². The first-order valence-corrected chi connectivity index (χ1v) is 6.23. The minimum atomic E-state index is -0.897. The molecule has 18 heavy (non-hydrogen) atoms. The minimum Gasteiger partial charge on any atom is -0.388 e. The van der Waals surface area contributed by atoms with Gasteiger partial charge in [0.15, 0.2) is 11.6 Å². The molecular weight excluding hydrogens is 302 g/mol. The highest BCUT2D eigenvalue weighted by Gasteiger charge is 2.14. The largest absolute Gasteiger partial charge is 0.388 e. The van der Waals surface area contributed by atoms with E-state index in [1.54, 1.807) is 18.2 Å². The van der Waals surface area contributed by atoms with Gasteiger partial charge in [0.05, 0.1) is 6.10 Å². The molecule has 2 aromatic rings. The third-order valence-corrected chi connectivity index (χ3v) is 3.17. The van der Waals surface area contributed by atoms with Crippen molar-refractivity contribution in [2.45, 2.75) is 12.5 Å². The third-order valence-electron chi connectivity index (χ3n) is 2.68. The molecule has 0 heterocycles. The summed E-state index contributed by atoms with van der Waals surface area (Å²) in [6, 6.07) is 11.1. The van der Waals surface area contributed by atoms with E-state index in [0.29, 0.717) is 5.56 Å². The molecule has 1 nitrogen and oxygen atoms in total. The van der Waals surface area contributed by atoms with Gasteiger partial charge in [-0.05, 0) is 29.3 Å². The summed E-state index contributed by atoms with van der Waals surface area (Å²) in [5.41, 5.74) is 0.829. The van der Waals surface area contributed by atoms with Gasteiger partial charge in [0.1, 0.15) is 0 Å². The zero-order valence-corrected chi connectivity index (χ0v) is 11.0. The van der Waals surface area contributed by atoms with Crippen LogP contribution in [0.4, 0.5) is 8.78 Å². The molecule has 1 unspecified atom stereocenters. The number of rotatable bonds is 3. The lowest BCUT2D eigenvalue weighted by molar-refractivity contribution is 0.176. The molecule has 0 aromatic heterocycles. The van der Waals surface area contributed by atoms with Crippen LogP contribution in [0.15, 0.2) is 46.9 Å². The molecule has 2 aromatic carbocycles. The van der Waals surface area contributed by atoms with E-state index in [-0.39, 0.29) is 12.0 Å². The van der Waals surface area contributed by atoms with Gasteiger partial charge in [-0.3, -0.25) is 0 Å². The van der Waals surface area contributed by atoms with Gasteiger partial charge in [0.2, 0.25) is 0 Å². The van der Waals surface area contributed by atoms with E-state index in [1.807, 2.05) is 6.07 Å². The lowest BCUT2D eigenvalue weighted by Gasteiger charge is -2.12. The first-order chi connectivity index (χ1) is 8.58. The molecule has 1 atom stereocenters. The van der Waals surface area contributed by atoms with E-state index in [9.17, 15) is 13.9 Å². The Kier molecular flexibility index (Phi) is 4.09. The van der Waals surface area contributed by atoms with Crippen LogP contribution < -0.4 is 0 Å². The summed E-state index contributed by atoms with van der Waals surface area (Å²) in [5, 5.41) is 10.0. The van der Waals surface area contributed by atoms with Gasteiger partial charge < -0.3 is 5.11 Å². The van der Waals surface area contributed by atoms with E-state index in [0.717, 1.165) is 10.5 Å². The molecule has 4 heteroatoms. The quantitative estimate of drug-likeness (QED) is 0.908. The SMILES string of the molecule is OC(Cc1cccc(F)c1F)c1cccc(Br)c1. The van der Waals surface area contributed by atoms with Gasteiger partial charge in [-0.15, -0.1) is 0 Å². The average Bonchev–Trinajstić information content (AvgIpc) is 2.35. The molecule has 0 aliphatic carbocycles. The highest BCUT2D eigenvalue weighted by atomic mass is 79.9. The highest BCUT2D eigenvalue weighted by Crippen LogP contribution is 2.23. The first-order valence-electron chi connectivity index (χ1n) is 5.44. The predicted octanol–water partition coefficient (Wildman–Crippen LogP) is 4.00. The number of hydrogen-bond donors (Lipinski definition) is 1. The monoisotopic (exact) mass is 312 g/mol. The lowest BCUT2D eigenvalue weighted by Crippen LogP contribution is -2.04. The topological polar surface area (TPSA) is 20.2 Å². The van der Waals surface area contributed by atoms with Crippen LogP contribution in [0.25, 0.3) is 0 Å². The van der Waals surface area contributed by atoms with Gasteiger partial charge in [-0.1, -0.05) is 40.2 Å². The Morgan fingerprint density at radius 3 is 2.56 bits per heavy atom. The highest BCUT2D eigenvalue weighted by molar-refractivity contribution is 9.10. The van der Waals surface area contributed by atoms with Crippen molar-refractivity contribution < 1.29 is 13.9 Å². The Labute approximate surface area is 112 Å². The Morgan fingerprint density at radius 2 is 1.83 bits per heavy atom. The van der Waals surface area contributed by atoms with Crippen LogP contribution in [0.3, 0.4) is 0 Å². The molecule has 0 spiro atoms. The average molecular weight is 313 g/mol. The third kappa shape index (κ3) is 2.94. The van der Waals surface area contributed by atoms with E-state index >= 15 is 0 Å². The first kappa shape index (κ1) is 13.2. The van der Waals surface area contributed by atoms with Crippen molar-refractivity contribution in [1.29, 1.82) is 0 Å². The van der Waals surface area contributed by atoms with Crippen molar-refractivity contribution in [3.05, 3.63) is 69.7 Å². The number of halogens is 3. The zero-order valence-electron chi connectivity index (χ0n) is 9.41. The normalized spacial score (nSPS) is 12.4. The fourth-order valence-electron chi connectivity index (χ4n) is 1.75. The van der Waals surface area contributed by atoms with Crippen LogP contribution in [0.2, 0.25) is 0 Å². The molecule has 0 aliphatic rings. The van der Waals surface area contributed by atoms with Gasteiger partial charge >= 0.3 is 0 Å². The Balaban J connectivity index is 2.21. The maximum absolute atomic E-state index is 13.5. The van der Waals surface area contributed by atoms with Crippen molar-refractivity contribution in [3.8, 4) is 0 Å². The summed E-state index contributed by atoms with van der Waals surface area (Å²) in [6.07, 6.45) is -0.821. The van der Waals surface area contributed by atoms with Crippen LogP contribution in [0, 0.1) is 11.6 Å². The van der Waals surface area contributed by atoms with Gasteiger partial charge in [-0.2, -0.15) is 0 Å². The summed E-state index contributed by atoms with van der Waals surface area (Å²) in [4.78, 5) is 0. The van der Waals surface area contributed by atoms with Crippen molar-refractivity contribution in [2.24, 2.45) is 0 Å². The molecule has 0 radical (unpaired) electrons. The van der Waals surface area contributed by atoms with Crippen LogP contribution in [0.5, 0.6) is 0 Å². The molecule has 0 bridgehead atoms. The fourth-order valence-corrected chi connectivity index (χ4v) is 2.16. The number of hydrogen-bond acceptors (Lipinski definition) is 1. The van der Waals surface area contributed by atoms with Crippen LogP contribution in [0.1, 0.15) is 17.2 Å². The van der Waals surface area contributed by atoms with Gasteiger partial charge in [-0.25, -0.2) is 8.78 Å². The van der Waals surface area contributed by atoms with Crippen molar-refractivity contribution in [3.63, 3.8) is 0 Å². The van der Waals surface area contributed by atoms with Crippen molar-refractivity contribution in [1.82, 2.24) is 0 Å². The maximum Gasteiger partial charge on any atom is 0.162 e. The zero-order chi connectivity index (χ0) is 13.1. The Bertz CT molecular complexity index is 557. The Morgan fingerprint density at radius 1 is 1.11 bits per heavy atom. The summed E-state index contributed by atoms with van der Waals surface area (Å²) >= 11 is 3.30. The standard InChI is InChI=1S/C14H11BrF2O/c15-11-5-1-3-9(7-11)13(18)8-10-4-2-6-12(16)14(10)17/h1-7,13,18H,8H2. The molecule has 0 aliphatic heterocycles. The number of aliphatic hydroxyl groups excluding tert-OH is 1. The maximum atomic E-state index is 13.5. The number of benzene rings is 2. The summed E-state index contributed by atoms with van der Waals surface area (Å²) in [7, 11) is 0. The summed E-state index contributed by atoms with van der Waals surface area (Å²) in [5.74, 6) is -1.79. The molecule has 0 amide bonds. The molecule has 0 fully saturated rings. The molecule has 0 saturated carbocycles. The van der Waals surface area contributed by atoms with Gasteiger partial charge in [0, 0.05) is 10.9 Å². The second kappa shape index (κ2) is 5.59. The lowest BCUT2D eigenvalue weighted by atomic mass is 10.0. The van der Waals surface area contributed by atoms with E-state index < -0.39 is 17.7 Å². The predicted molar refractivity (Wildman–Crippen MR) is 69.2 cm³/mol. The van der Waals surface area contributed by atoms with Crippen molar-refractivity contribution in [2.75, 3.05) is 0 Å². The van der Waals surface area contributed by atoms with Crippen LogP contribution in [-0.4, -0.2) is 5.11 Å². The van der Waals surface area contributed by atoms with E-state index in [1.165, 1.54) is 12.1 Å². The van der Waals surface area contributed by atoms with E-state index in [4.69, 9.17) is 0 Å². The second-order valence-corrected chi connectivity index (χ2v) is 4.90. The molecular formula is C14H11BrF2O. The summed E-state index contributed by atoms with van der Waals surface area (Å²) < 4.78 is 27.3. The molecule has 1 N–H and O–H groups in total. The summed E-state index contributed by atoms with van der Waals surface area (Å²) in [6.45, 7) is 0. The molecule has 2 rings (SSSR count). The second-order valence-electron chi connectivity index (χ2n) is 3.99. The van der Waals surface area contributed by atoms with E-state index in [2.05, 4.69) is 15.9 Å². The van der Waals surface area contributed by atoms with Crippen LogP contribution >= 0.6 is 15.9 Å².